The number of halogens is 1. The molecule has 192 valence electrons. The monoisotopic (exact) mass is 507 g/mol. The van der Waals surface area contributed by atoms with Crippen molar-refractivity contribution in [1.82, 2.24) is 14.9 Å². The first-order chi connectivity index (χ1) is 17.6. The number of rotatable bonds is 5. The molecule has 2 atom stereocenters. The maximum absolute atomic E-state index is 14.5. The number of nitrogens with zero attached hydrogens (tertiary/aromatic N) is 2. The van der Waals surface area contributed by atoms with Gasteiger partial charge in [-0.05, 0) is 49.4 Å². The van der Waals surface area contributed by atoms with Crippen LogP contribution >= 0.6 is 0 Å². The minimum atomic E-state index is -1.92. The molecule has 2 aliphatic heterocycles. The fourth-order valence-corrected chi connectivity index (χ4v) is 5.42. The topological polar surface area (TPSA) is 131 Å². The number of aryl methyl sites for hydroxylation is 1. The Hall–Kier alpha value is -3.63. The van der Waals surface area contributed by atoms with E-state index in [2.05, 4.69) is 5.32 Å². The smallest absolute Gasteiger partial charge is 0.343 e. The highest BCUT2D eigenvalue weighted by Gasteiger charge is 2.49. The van der Waals surface area contributed by atoms with Gasteiger partial charge in [0.2, 0.25) is 5.91 Å². The molecule has 1 saturated carbocycles. The van der Waals surface area contributed by atoms with Crippen molar-refractivity contribution < 1.29 is 28.9 Å². The van der Waals surface area contributed by atoms with Crippen molar-refractivity contribution in [3.63, 3.8) is 0 Å². The molecule has 37 heavy (non-hydrogen) atoms. The second-order valence-electron chi connectivity index (χ2n) is 10.3. The third-order valence-corrected chi connectivity index (χ3v) is 7.67. The van der Waals surface area contributed by atoms with Gasteiger partial charge >= 0.3 is 5.97 Å². The van der Waals surface area contributed by atoms with Gasteiger partial charge in [-0.3, -0.25) is 9.59 Å². The van der Waals surface area contributed by atoms with Crippen LogP contribution in [0.2, 0.25) is 0 Å². The van der Waals surface area contributed by atoms with Crippen LogP contribution in [0.15, 0.2) is 23.0 Å². The van der Waals surface area contributed by atoms with Crippen molar-refractivity contribution in [2.75, 3.05) is 0 Å². The van der Waals surface area contributed by atoms with E-state index in [4.69, 9.17) is 9.72 Å². The maximum Gasteiger partial charge on any atom is 0.343 e. The molecule has 4 heterocycles. The average Bonchev–Trinajstić information content (AvgIpc) is 3.59. The Morgan fingerprint density at radius 1 is 1.30 bits per heavy atom. The fraction of sp³-hybridized carbons (Fsp3) is 0.407. The highest BCUT2D eigenvalue weighted by Crippen LogP contribution is 2.45. The molecule has 1 aromatic carbocycles. The van der Waals surface area contributed by atoms with E-state index in [0.29, 0.717) is 39.0 Å². The van der Waals surface area contributed by atoms with Crippen LogP contribution in [0.1, 0.15) is 54.0 Å². The van der Waals surface area contributed by atoms with Crippen molar-refractivity contribution in [2.24, 2.45) is 5.92 Å². The van der Waals surface area contributed by atoms with Crippen LogP contribution in [0.4, 0.5) is 4.39 Å². The summed E-state index contributed by atoms with van der Waals surface area (Å²) < 4.78 is 21.3. The van der Waals surface area contributed by atoms with Crippen molar-refractivity contribution in [1.29, 1.82) is 0 Å². The van der Waals surface area contributed by atoms with E-state index in [1.807, 2.05) is 0 Å². The molecule has 0 spiro atoms. The zero-order valence-corrected chi connectivity index (χ0v) is 20.4. The van der Waals surface area contributed by atoms with Crippen molar-refractivity contribution in [3.8, 4) is 11.4 Å². The number of aliphatic hydroxyl groups is 2. The molecule has 0 radical (unpaired) electrons. The number of carbonyl (C=O) groups excluding carboxylic acids is 2. The van der Waals surface area contributed by atoms with Gasteiger partial charge in [0.1, 0.15) is 18.5 Å². The third-order valence-electron chi connectivity index (χ3n) is 7.67. The van der Waals surface area contributed by atoms with E-state index in [1.165, 1.54) is 17.6 Å². The molecule has 1 amide bonds. The van der Waals surface area contributed by atoms with Gasteiger partial charge in [0, 0.05) is 29.1 Å². The van der Waals surface area contributed by atoms with E-state index in [9.17, 15) is 29.0 Å². The number of aliphatic hydroxyl groups excluding tert-OH is 1. The molecular weight excluding hydrogens is 481 g/mol. The van der Waals surface area contributed by atoms with Gasteiger partial charge in [0.25, 0.3) is 5.56 Å². The largest absolute Gasteiger partial charge is 0.458 e. The molecule has 3 aliphatic rings. The van der Waals surface area contributed by atoms with Gasteiger partial charge in [0.05, 0.1) is 29.0 Å². The van der Waals surface area contributed by atoms with E-state index < -0.39 is 35.0 Å². The number of esters is 1. The van der Waals surface area contributed by atoms with Gasteiger partial charge < -0.3 is 24.8 Å². The summed E-state index contributed by atoms with van der Waals surface area (Å²) in [5.74, 6) is -1.59. The molecule has 3 N–H and O–H groups in total. The lowest BCUT2D eigenvalue weighted by Crippen LogP contribution is -2.45. The summed E-state index contributed by atoms with van der Waals surface area (Å²) in [6.45, 7) is 2.94. The number of hydrogen-bond donors (Lipinski definition) is 3. The van der Waals surface area contributed by atoms with Crippen LogP contribution < -0.4 is 10.9 Å². The van der Waals surface area contributed by atoms with Crippen molar-refractivity contribution in [3.05, 3.63) is 62.2 Å². The molecule has 2 aromatic heterocycles. The van der Waals surface area contributed by atoms with Gasteiger partial charge in [-0.2, -0.15) is 0 Å². The summed E-state index contributed by atoms with van der Waals surface area (Å²) >= 11 is 0. The number of hydrogen-bond acceptors (Lipinski definition) is 7. The highest BCUT2D eigenvalue weighted by atomic mass is 19.1. The molecule has 6 rings (SSSR count). The number of ether oxygens (including phenoxy) is 1. The average molecular weight is 508 g/mol. The molecule has 0 unspecified atom stereocenters. The molecule has 0 bridgehead atoms. The number of aromatic nitrogens is 2. The first-order valence-corrected chi connectivity index (χ1v) is 12.3. The van der Waals surface area contributed by atoms with Crippen LogP contribution in [0, 0.1) is 18.7 Å². The summed E-state index contributed by atoms with van der Waals surface area (Å²) in [5, 5.41) is 24.4. The molecule has 1 aliphatic carbocycles. The SMILES string of the molecule is Cc1cc2c(CNC(=O)[C@H](C)O)c3c(nc2cc1F)-c1cc2c(c(=O)n1C3)COC(=O)[C@]2(O)CC1CC1. The number of amides is 1. The predicted molar refractivity (Wildman–Crippen MR) is 130 cm³/mol. The van der Waals surface area contributed by atoms with Gasteiger partial charge in [-0.1, -0.05) is 12.8 Å². The van der Waals surface area contributed by atoms with Crippen molar-refractivity contribution in [2.45, 2.75) is 64.5 Å². The predicted octanol–water partition coefficient (Wildman–Crippen LogP) is 1.91. The molecular formula is C27H26FN3O6. The summed E-state index contributed by atoms with van der Waals surface area (Å²) in [6.07, 6.45) is 0.768. The summed E-state index contributed by atoms with van der Waals surface area (Å²) in [5.41, 5.74) is 1.06. The third kappa shape index (κ3) is 3.66. The van der Waals surface area contributed by atoms with Crippen LogP contribution in [0.5, 0.6) is 0 Å². The molecule has 0 saturated heterocycles. The van der Waals surface area contributed by atoms with Crippen LogP contribution in [0.25, 0.3) is 22.3 Å². The summed E-state index contributed by atoms with van der Waals surface area (Å²) in [6, 6.07) is 4.59. The summed E-state index contributed by atoms with van der Waals surface area (Å²) in [7, 11) is 0. The molecule has 1 fully saturated rings. The van der Waals surface area contributed by atoms with Crippen LogP contribution in [-0.4, -0.2) is 37.7 Å². The van der Waals surface area contributed by atoms with E-state index in [-0.39, 0.29) is 43.2 Å². The maximum atomic E-state index is 14.5. The van der Waals surface area contributed by atoms with Gasteiger partial charge in [0.15, 0.2) is 5.60 Å². The molecule has 3 aromatic rings. The highest BCUT2D eigenvalue weighted by molar-refractivity contribution is 5.90. The first-order valence-electron chi connectivity index (χ1n) is 12.3. The Morgan fingerprint density at radius 2 is 2.05 bits per heavy atom. The lowest BCUT2D eigenvalue weighted by molar-refractivity contribution is -0.173. The number of fused-ring (bicyclic) bond motifs is 5. The lowest BCUT2D eigenvalue weighted by atomic mass is 9.84. The Morgan fingerprint density at radius 3 is 2.76 bits per heavy atom. The minimum Gasteiger partial charge on any atom is -0.458 e. The fourth-order valence-electron chi connectivity index (χ4n) is 5.42. The number of pyridine rings is 2. The number of carbonyl (C=O) groups is 2. The standard InChI is InChI=1S/C27H26FN3O6/c1-12-5-15-16(9-29-24(33)13(2)32)17-10-31-22(23(17)30-21(15)7-20(12)28)6-19-18(25(31)34)11-37-26(35)27(19,36)8-14-3-4-14/h5-7,13-14,32,36H,3-4,8-11H2,1-2H3,(H,29,33)/t13-,27-/m0/s1. The number of nitrogens with one attached hydrogen (secondary N) is 1. The molecule has 10 heteroatoms. The minimum absolute atomic E-state index is 0.0336. The van der Waals surface area contributed by atoms with E-state index in [0.717, 1.165) is 12.8 Å². The van der Waals surface area contributed by atoms with Crippen molar-refractivity contribution >= 4 is 22.8 Å². The zero-order chi connectivity index (χ0) is 26.2. The first kappa shape index (κ1) is 23.7. The van der Waals surface area contributed by atoms with E-state index in [1.54, 1.807) is 19.1 Å². The number of benzene rings is 1. The Labute approximate surface area is 210 Å². The van der Waals surface area contributed by atoms with Crippen LogP contribution in [-0.2, 0) is 39.6 Å². The Bertz CT molecular complexity index is 1580. The normalized spacial score (nSPS) is 20.7. The Balaban J connectivity index is 1.56. The Kier molecular flexibility index (Phi) is 5.26. The second-order valence-corrected chi connectivity index (χ2v) is 10.3. The number of cyclic esters (lactones) is 1. The zero-order valence-electron chi connectivity index (χ0n) is 20.4. The summed E-state index contributed by atoms with van der Waals surface area (Å²) in [4.78, 5) is 43.2. The van der Waals surface area contributed by atoms with E-state index >= 15 is 0 Å². The van der Waals surface area contributed by atoms with Crippen LogP contribution in [0.3, 0.4) is 0 Å². The van der Waals surface area contributed by atoms with Gasteiger partial charge in [-0.25, -0.2) is 14.2 Å². The quantitative estimate of drug-likeness (QED) is 0.352. The second kappa shape index (κ2) is 8.19. The van der Waals surface area contributed by atoms with Gasteiger partial charge in [-0.15, -0.1) is 0 Å². The lowest BCUT2D eigenvalue weighted by Gasteiger charge is -2.32. The molecule has 9 nitrogen and oxygen atoms in total.